The summed E-state index contributed by atoms with van der Waals surface area (Å²) in [7, 11) is 0. The van der Waals surface area contributed by atoms with Crippen LogP contribution in [-0.4, -0.2) is 23.2 Å². The van der Waals surface area contributed by atoms with E-state index in [-0.39, 0.29) is 5.60 Å². The largest absolute Gasteiger partial charge is 0.487 e. The van der Waals surface area contributed by atoms with Crippen LogP contribution in [0, 0.1) is 0 Å². The molecule has 0 unspecified atom stereocenters. The highest BCUT2D eigenvalue weighted by Crippen LogP contribution is 2.35. The number of anilines is 2. The van der Waals surface area contributed by atoms with E-state index in [2.05, 4.69) is 36.6 Å². The first kappa shape index (κ1) is 16.3. The molecule has 24 heavy (non-hydrogen) atoms. The predicted molar refractivity (Wildman–Crippen MR) is 94.3 cm³/mol. The summed E-state index contributed by atoms with van der Waals surface area (Å²) in [6, 6.07) is 13.7. The number of aliphatic hydroxyl groups excluding tert-OH is 1. The van der Waals surface area contributed by atoms with E-state index in [0.29, 0.717) is 12.2 Å². The van der Waals surface area contributed by atoms with E-state index in [4.69, 9.17) is 9.84 Å². The van der Waals surface area contributed by atoms with E-state index < -0.39 is 12.5 Å². The van der Waals surface area contributed by atoms with Crippen LogP contribution >= 0.6 is 0 Å². The van der Waals surface area contributed by atoms with Crippen molar-refractivity contribution in [2.24, 2.45) is 0 Å². The zero-order valence-corrected chi connectivity index (χ0v) is 13.9. The van der Waals surface area contributed by atoms with Gasteiger partial charge in [-0.15, -0.1) is 0 Å². The maximum absolute atomic E-state index is 11.2. The Bertz CT molecular complexity index is 756. The van der Waals surface area contributed by atoms with Gasteiger partial charge < -0.3 is 20.5 Å². The summed E-state index contributed by atoms with van der Waals surface area (Å²) >= 11 is 0. The standard InChI is InChI=1S/C19H22N2O3/c1-19(2)10-14-8-13(6-7-17(14)24-19)11-20-15-4-3-5-16(9-15)21-18(23)12-22/h3-9,20,22H,10-12H2,1-2H3,(H,21,23). The van der Waals surface area contributed by atoms with Gasteiger partial charge in [0.1, 0.15) is 18.0 Å². The summed E-state index contributed by atoms with van der Waals surface area (Å²) in [5.41, 5.74) is 3.85. The Kier molecular flexibility index (Phi) is 4.44. The number of fused-ring (bicyclic) bond motifs is 1. The molecular formula is C19H22N2O3. The number of aliphatic hydroxyl groups is 1. The molecule has 0 radical (unpaired) electrons. The molecule has 0 aliphatic carbocycles. The van der Waals surface area contributed by atoms with Crippen LogP contribution in [0.25, 0.3) is 0 Å². The topological polar surface area (TPSA) is 70.6 Å². The van der Waals surface area contributed by atoms with Crippen LogP contribution in [0.5, 0.6) is 5.75 Å². The summed E-state index contributed by atoms with van der Waals surface area (Å²) in [6.07, 6.45) is 0.916. The molecule has 126 valence electrons. The molecule has 1 aliphatic heterocycles. The third-order valence-corrected chi connectivity index (χ3v) is 3.91. The van der Waals surface area contributed by atoms with Crippen LogP contribution in [-0.2, 0) is 17.8 Å². The first-order valence-electron chi connectivity index (χ1n) is 8.01. The lowest BCUT2D eigenvalue weighted by atomic mass is 10.0. The lowest BCUT2D eigenvalue weighted by Crippen LogP contribution is -2.24. The molecule has 0 fully saturated rings. The van der Waals surface area contributed by atoms with Crippen LogP contribution in [0.1, 0.15) is 25.0 Å². The van der Waals surface area contributed by atoms with E-state index in [9.17, 15) is 4.79 Å². The van der Waals surface area contributed by atoms with Crippen LogP contribution in [0.15, 0.2) is 42.5 Å². The molecule has 5 nitrogen and oxygen atoms in total. The second kappa shape index (κ2) is 6.53. The first-order chi connectivity index (χ1) is 11.4. The van der Waals surface area contributed by atoms with Crippen LogP contribution in [0.3, 0.4) is 0 Å². The predicted octanol–water partition coefficient (Wildman–Crippen LogP) is 2.94. The molecule has 2 aromatic rings. The summed E-state index contributed by atoms with van der Waals surface area (Å²) in [4.78, 5) is 11.2. The molecule has 2 aromatic carbocycles. The van der Waals surface area contributed by atoms with Gasteiger partial charge in [0.15, 0.2) is 0 Å². The van der Waals surface area contributed by atoms with Crippen molar-refractivity contribution in [2.75, 3.05) is 17.2 Å². The third-order valence-electron chi connectivity index (χ3n) is 3.91. The van der Waals surface area contributed by atoms with Crippen molar-refractivity contribution < 1.29 is 14.6 Å². The molecule has 3 rings (SSSR count). The van der Waals surface area contributed by atoms with E-state index in [1.807, 2.05) is 24.3 Å². The molecule has 0 saturated heterocycles. The number of ether oxygens (including phenoxy) is 1. The molecule has 1 heterocycles. The Morgan fingerprint density at radius 3 is 2.79 bits per heavy atom. The minimum Gasteiger partial charge on any atom is -0.487 e. The Labute approximate surface area is 141 Å². The number of hydrogen-bond donors (Lipinski definition) is 3. The number of rotatable bonds is 5. The lowest BCUT2D eigenvalue weighted by Gasteiger charge is -2.16. The summed E-state index contributed by atoms with van der Waals surface area (Å²) in [6.45, 7) is 4.35. The molecule has 0 spiro atoms. The van der Waals surface area contributed by atoms with Gasteiger partial charge in [-0.05, 0) is 49.2 Å². The zero-order chi connectivity index (χ0) is 17.2. The van der Waals surface area contributed by atoms with Gasteiger partial charge in [0, 0.05) is 24.3 Å². The summed E-state index contributed by atoms with van der Waals surface area (Å²) in [5.74, 6) is 0.547. The van der Waals surface area contributed by atoms with Crippen molar-refractivity contribution in [3.8, 4) is 5.75 Å². The van der Waals surface area contributed by atoms with Gasteiger partial charge in [0.25, 0.3) is 0 Å². The van der Waals surface area contributed by atoms with Gasteiger partial charge in [-0.25, -0.2) is 0 Å². The van der Waals surface area contributed by atoms with Crippen molar-refractivity contribution in [1.82, 2.24) is 0 Å². The average Bonchev–Trinajstić information content (AvgIpc) is 2.86. The second-order valence-corrected chi connectivity index (χ2v) is 6.62. The van der Waals surface area contributed by atoms with Gasteiger partial charge in [-0.1, -0.05) is 18.2 Å². The smallest absolute Gasteiger partial charge is 0.250 e. The molecule has 0 atom stereocenters. The Morgan fingerprint density at radius 1 is 1.21 bits per heavy atom. The van der Waals surface area contributed by atoms with E-state index in [1.165, 1.54) is 11.1 Å². The number of hydrogen-bond acceptors (Lipinski definition) is 4. The number of benzene rings is 2. The monoisotopic (exact) mass is 326 g/mol. The fraction of sp³-hybridized carbons (Fsp3) is 0.316. The van der Waals surface area contributed by atoms with Crippen LogP contribution in [0.2, 0.25) is 0 Å². The molecule has 3 N–H and O–H groups in total. The molecule has 1 aliphatic rings. The number of carbonyl (C=O) groups excluding carboxylic acids is 1. The lowest BCUT2D eigenvalue weighted by molar-refractivity contribution is -0.118. The van der Waals surface area contributed by atoms with Crippen LogP contribution in [0.4, 0.5) is 11.4 Å². The summed E-state index contributed by atoms with van der Waals surface area (Å²) < 4.78 is 5.89. The maximum atomic E-state index is 11.2. The highest BCUT2D eigenvalue weighted by Gasteiger charge is 2.29. The van der Waals surface area contributed by atoms with Gasteiger partial charge in [-0.2, -0.15) is 0 Å². The molecule has 0 saturated carbocycles. The Morgan fingerprint density at radius 2 is 2.00 bits per heavy atom. The van der Waals surface area contributed by atoms with Gasteiger partial charge in [0.05, 0.1) is 0 Å². The number of nitrogens with one attached hydrogen (secondary N) is 2. The number of carbonyl (C=O) groups is 1. The molecule has 0 bridgehead atoms. The van der Waals surface area contributed by atoms with Crippen molar-refractivity contribution in [3.63, 3.8) is 0 Å². The van der Waals surface area contributed by atoms with Gasteiger partial charge in [0.2, 0.25) is 5.91 Å². The first-order valence-corrected chi connectivity index (χ1v) is 8.01. The van der Waals surface area contributed by atoms with Crippen molar-refractivity contribution in [2.45, 2.75) is 32.4 Å². The highest BCUT2D eigenvalue weighted by atomic mass is 16.5. The van der Waals surface area contributed by atoms with Crippen molar-refractivity contribution in [3.05, 3.63) is 53.6 Å². The molecule has 5 heteroatoms. The molecule has 1 amide bonds. The van der Waals surface area contributed by atoms with E-state index in [0.717, 1.165) is 17.9 Å². The average molecular weight is 326 g/mol. The zero-order valence-electron chi connectivity index (χ0n) is 13.9. The quantitative estimate of drug-likeness (QED) is 0.790. The van der Waals surface area contributed by atoms with E-state index in [1.54, 1.807) is 6.07 Å². The fourth-order valence-electron chi connectivity index (χ4n) is 2.88. The normalized spacial score (nSPS) is 14.6. The summed E-state index contributed by atoms with van der Waals surface area (Å²) in [5, 5.41) is 14.8. The molecule has 0 aromatic heterocycles. The van der Waals surface area contributed by atoms with Crippen molar-refractivity contribution in [1.29, 1.82) is 0 Å². The Hall–Kier alpha value is -2.53. The third kappa shape index (κ3) is 3.86. The fourth-order valence-corrected chi connectivity index (χ4v) is 2.88. The minimum absolute atomic E-state index is 0.131. The van der Waals surface area contributed by atoms with E-state index >= 15 is 0 Å². The minimum atomic E-state index is -0.523. The van der Waals surface area contributed by atoms with Crippen molar-refractivity contribution >= 4 is 17.3 Å². The van der Waals surface area contributed by atoms with Gasteiger partial charge >= 0.3 is 0 Å². The maximum Gasteiger partial charge on any atom is 0.250 e. The molecular weight excluding hydrogens is 304 g/mol. The van der Waals surface area contributed by atoms with Crippen LogP contribution < -0.4 is 15.4 Å². The Balaban J connectivity index is 1.65. The SMILES string of the molecule is CC1(C)Cc2cc(CNc3cccc(NC(=O)CO)c3)ccc2O1. The van der Waals surface area contributed by atoms with Gasteiger partial charge in [-0.3, -0.25) is 4.79 Å². The number of amides is 1. The highest BCUT2D eigenvalue weighted by molar-refractivity contribution is 5.91. The second-order valence-electron chi connectivity index (χ2n) is 6.62.